The molecule has 0 bridgehead atoms. The quantitative estimate of drug-likeness (QED) is 0.936. The van der Waals surface area contributed by atoms with Gasteiger partial charge in [0.25, 0.3) is 0 Å². The molecular weight excluding hydrogens is 283 g/mol. The van der Waals surface area contributed by atoms with Crippen LogP contribution >= 0.6 is 12.4 Å². The molecule has 2 N–H and O–H groups in total. The second-order valence-corrected chi connectivity index (χ2v) is 4.80. The summed E-state index contributed by atoms with van der Waals surface area (Å²) in [5, 5.41) is 3.91. The summed E-state index contributed by atoms with van der Waals surface area (Å²) in [4.78, 5) is 6.50. The Kier molecular flexibility index (Phi) is 4.69. The Balaban J connectivity index is 0.00000147. The Morgan fingerprint density at radius 1 is 1.35 bits per heavy atom. The molecule has 3 rings (SSSR count). The number of rotatable bonds is 3. The second-order valence-electron chi connectivity index (χ2n) is 4.80. The fourth-order valence-corrected chi connectivity index (χ4v) is 2.23. The van der Waals surface area contributed by atoms with Crippen molar-refractivity contribution < 1.29 is 8.91 Å². The molecule has 0 radical (unpaired) electrons. The third-order valence-electron chi connectivity index (χ3n) is 3.24. The predicted octanol–water partition coefficient (Wildman–Crippen LogP) is 1.83. The van der Waals surface area contributed by atoms with Gasteiger partial charge in [-0.2, -0.15) is 4.98 Å². The van der Waals surface area contributed by atoms with Crippen LogP contribution in [0.25, 0.3) is 11.4 Å². The molecule has 0 saturated carbocycles. The van der Waals surface area contributed by atoms with Crippen molar-refractivity contribution in [3.05, 3.63) is 36.0 Å². The van der Waals surface area contributed by atoms with Crippen LogP contribution in [0.2, 0.25) is 0 Å². The predicted molar refractivity (Wildman–Crippen MR) is 74.8 cm³/mol. The average molecular weight is 299 g/mol. The maximum Gasteiger partial charge on any atom is 0.241 e. The summed E-state index contributed by atoms with van der Waals surface area (Å²) in [5.74, 6) is 0.769. The molecule has 1 saturated heterocycles. The molecule has 1 fully saturated rings. The van der Waals surface area contributed by atoms with Crippen molar-refractivity contribution in [1.29, 1.82) is 0 Å². The number of nitrogens with zero attached hydrogens (tertiary/aromatic N) is 3. The van der Waals surface area contributed by atoms with Gasteiger partial charge < -0.3 is 10.3 Å². The van der Waals surface area contributed by atoms with Crippen molar-refractivity contribution in [3.63, 3.8) is 0 Å². The molecule has 0 unspecified atom stereocenters. The Bertz CT molecular complexity index is 560. The average Bonchev–Trinajstić information content (AvgIpc) is 3.00. The van der Waals surface area contributed by atoms with Crippen LogP contribution in [-0.2, 0) is 6.54 Å². The maximum absolute atomic E-state index is 12.8. The van der Waals surface area contributed by atoms with Crippen LogP contribution in [0.4, 0.5) is 4.39 Å². The van der Waals surface area contributed by atoms with Crippen LogP contribution in [0.5, 0.6) is 0 Å². The first-order valence-electron chi connectivity index (χ1n) is 6.27. The van der Waals surface area contributed by atoms with Crippen LogP contribution in [0, 0.1) is 5.82 Å². The van der Waals surface area contributed by atoms with E-state index in [9.17, 15) is 4.39 Å². The van der Waals surface area contributed by atoms with Gasteiger partial charge in [-0.1, -0.05) is 5.16 Å². The molecule has 1 aromatic heterocycles. The number of nitrogens with two attached hydrogens (primary N) is 1. The summed E-state index contributed by atoms with van der Waals surface area (Å²) in [7, 11) is 0. The molecule has 20 heavy (non-hydrogen) atoms. The maximum atomic E-state index is 12.8. The number of hydrogen-bond donors (Lipinski definition) is 1. The minimum Gasteiger partial charge on any atom is -0.338 e. The SMILES string of the molecule is Cl.N[C@H]1CCN(Cc2nc(-c3ccc(F)cc3)no2)C1. The van der Waals surface area contributed by atoms with Gasteiger partial charge >= 0.3 is 0 Å². The lowest BCUT2D eigenvalue weighted by molar-refractivity contribution is 0.265. The van der Waals surface area contributed by atoms with Gasteiger partial charge in [-0.25, -0.2) is 4.39 Å². The van der Waals surface area contributed by atoms with Gasteiger partial charge in [0.05, 0.1) is 6.54 Å². The van der Waals surface area contributed by atoms with E-state index in [0.29, 0.717) is 18.3 Å². The zero-order valence-corrected chi connectivity index (χ0v) is 11.6. The van der Waals surface area contributed by atoms with E-state index in [2.05, 4.69) is 15.0 Å². The number of hydrogen-bond acceptors (Lipinski definition) is 5. The molecule has 2 aromatic rings. The molecular formula is C13H16ClFN4O. The van der Waals surface area contributed by atoms with Crippen LogP contribution in [0.3, 0.4) is 0 Å². The molecule has 1 aromatic carbocycles. The minimum atomic E-state index is -0.279. The third-order valence-corrected chi connectivity index (χ3v) is 3.24. The van der Waals surface area contributed by atoms with E-state index in [4.69, 9.17) is 10.3 Å². The van der Waals surface area contributed by atoms with Gasteiger partial charge in [0.1, 0.15) is 5.82 Å². The zero-order valence-electron chi connectivity index (χ0n) is 10.8. The summed E-state index contributed by atoms with van der Waals surface area (Å²) >= 11 is 0. The molecule has 1 aliphatic rings. The van der Waals surface area contributed by atoms with Crippen LogP contribution in [0.15, 0.2) is 28.8 Å². The third kappa shape index (κ3) is 3.33. The van der Waals surface area contributed by atoms with E-state index >= 15 is 0 Å². The highest BCUT2D eigenvalue weighted by Gasteiger charge is 2.21. The summed E-state index contributed by atoms with van der Waals surface area (Å²) in [6.07, 6.45) is 0.999. The van der Waals surface area contributed by atoms with E-state index in [1.165, 1.54) is 12.1 Å². The Labute approximate surface area is 122 Å². The number of likely N-dealkylation sites (tertiary alicyclic amines) is 1. The molecule has 108 valence electrons. The molecule has 5 nitrogen and oxygen atoms in total. The van der Waals surface area contributed by atoms with Crippen LogP contribution in [0.1, 0.15) is 12.3 Å². The number of halogens is 2. The van der Waals surface area contributed by atoms with Gasteiger partial charge in [0, 0.05) is 24.7 Å². The fourth-order valence-electron chi connectivity index (χ4n) is 2.23. The number of aromatic nitrogens is 2. The lowest BCUT2D eigenvalue weighted by Crippen LogP contribution is -2.26. The van der Waals surface area contributed by atoms with Crippen molar-refractivity contribution in [2.75, 3.05) is 13.1 Å². The van der Waals surface area contributed by atoms with Crippen LogP contribution in [-0.4, -0.2) is 34.2 Å². The first kappa shape index (κ1) is 14.9. The smallest absolute Gasteiger partial charge is 0.241 e. The lowest BCUT2D eigenvalue weighted by Gasteiger charge is -2.10. The summed E-state index contributed by atoms with van der Waals surface area (Å²) < 4.78 is 18.0. The highest BCUT2D eigenvalue weighted by atomic mass is 35.5. The normalized spacial score (nSPS) is 19.0. The fraction of sp³-hybridized carbons (Fsp3) is 0.385. The van der Waals surface area contributed by atoms with Crippen molar-refractivity contribution in [2.45, 2.75) is 19.0 Å². The minimum absolute atomic E-state index is 0. The van der Waals surface area contributed by atoms with E-state index in [-0.39, 0.29) is 24.3 Å². The summed E-state index contributed by atoms with van der Waals surface area (Å²) in [6, 6.07) is 6.26. The molecule has 0 spiro atoms. The van der Waals surface area contributed by atoms with E-state index in [1.54, 1.807) is 12.1 Å². The van der Waals surface area contributed by atoms with E-state index < -0.39 is 0 Å². The van der Waals surface area contributed by atoms with Gasteiger partial charge in [-0.15, -0.1) is 12.4 Å². The van der Waals surface area contributed by atoms with E-state index in [1.807, 2.05) is 0 Å². The molecule has 0 amide bonds. The Hall–Kier alpha value is -1.50. The topological polar surface area (TPSA) is 68.2 Å². The van der Waals surface area contributed by atoms with Crippen molar-refractivity contribution >= 4 is 12.4 Å². The zero-order chi connectivity index (χ0) is 13.2. The highest BCUT2D eigenvalue weighted by molar-refractivity contribution is 5.85. The van der Waals surface area contributed by atoms with Crippen molar-refractivity contribution in [3.8, 4) is 11.4 Å². The monoisotopic (exact) mass is 298 g/mol. The van der Waals surface area contributed by atoms with E-state index in [0.717, 1.165) is 25.1 Å². The molecule has 7 heteroatoms. The van der Waals surface area contributed by atoms with Crippen molar-refractivity contribution in [1.82, 2.24) is 15.0 Å². The Morgan fingerprint density at radius 3 is 2.75 bits per heavy atom. The first-order chi connectivity index (χ1) is 9.20. The summed E-state index contributed by atoms with van der Waals surface area (Å²) in [5.41, 5.74) is 6.59. The largest absolute Gasteiger partial charge is 0.338 e. The molecule has 1 aliphatic heterocycles. The molecule has 2 heterocycles. The standard InChI is InChI=1S/C13H15FN4O.ClH/c14-10-3-1-9(2-4-10)13-16-12(19-17-13)8-18-6-5-11(15)7-18;/h1-4,11H,5-8,15H2;1H/t11-;/m0./s1. The van der Waals surface area contributed by atoms with Crippen molar-refractivity contribution in [2.24, 2.45) is 5.73 Å². The molecule has 0 aliphatic carbocycles. The Morgan fingerprint density at radius 2 is 2.10 bits per heavy atom. The second kappa shape index (κ2) is 6.30. The number of benzene rings is 1. The molecule has 1 atom stereocenters. The van der Waals surface area contributed by atoms with Gasteiger partial charge in [0.2, 0.25) is 11.7 Å². The van der Waals surface area contributed by atoms with Crippen LogP contribution < -0.4 is 5.73 Å². The van der Waals surface area contributed by atoms with Gasteiger partial charge in [0.15, 0.2) is 0 Å². The summed E-state index contributed by atoms with van der Waals surface area (Å²) in [6.45, 7) is 2.42. The highest BCUT2D eigenvalue weighted by Crippen LogP contribution is 2.17. The van der Waals surface area contributed by atoms with Gasteiger partial charge in [-0.3, -0.25) is 4.90 Å². The van der Waals surface area contributed by atoms with Gasteiger partial charge in [-0.05, 0) is 30.7 Å². The first-order valence-corrected chi connectivity index (χ1v) is 6.27. The lowest BCUT2D eigenvalue weighted by atomic mass is 10.2.